The molecule has 1 aliphatic carbocycles. The van der Waals surface area contributed by atoms with Crippen LogP contribution >= 0.6 is 0 Å². The normalized spacial score (nSPS) is 14.0. The number of carbonyl (C=O) groups excluding carboxylic acids is 2. The van der Waals surface area contributed by atoms with E-state index in [0.29, 0.717) is 17.3 Å². The van der Waals surface area contributed by atoms with E-state index >= 15 is 0 Å². The third-order valence-corrected chi connectivity index (χ3v) is 2.70. The van der Waals surface area contributed by atoms with Crippen molar-refractivity contribution in [1.82, 2.24) is 5.32 Å². The van der Waals surface area contributed by atoms with E-state index in [2.05, 4.69) is 10.6 Å². The van der Waals surface area contributed by atoms with Crippen LogP contribution in [0, 0.1) is 0 Å². The number of carboxylic acids is 1. The zero-order chi connectivity index (χ0) is 14.5. The molecule has 3 N–H and O–H groups in total. The van der Waals surface area contributed by atoms with Crippen LogP contribution < -0.4 is 10.6 Å². The summed E-state index contributed by atoms with van der Waals surface area (Å²) in [5.74, 6) is -1.86. The van der Waals surface area contributed by atoms with Crippen LogP contribution in [0.1, 0.15) is 23.2 Å². The quantitative estimate of drug-likeness (QED) is 0.702. The first-order valence-corrected chi connectivity index (χ1v) is 6.17. The van der Waals surface area contributed by atoms with Crippen molar-refractivity contribution in [1.29, 1.82) is 0 Å². The zero-order valence-electron chi connectivity index (χ0n) is 10.6. The number of hydrogen-bond donors (Lipinski definition) is 3. The average Bonchev–Trinajstić information content (AvgIpc) is 3.21. The first kappa shape index (κ1) is 13.8. The molecule has 0 bridgehead atoms. The second-order valence-corrected chi connectivity index (χ2v) is 4.49. The van der Waals surface area contributed by atoms with Crippen molar-refractivity contribution < 1.29 is 19.5 Å². The van der Waals surface area contributed by atoms with E-state index < -0.39 is 11.9 Å². The molecule has 6 heteroatoms. The molecular formula is C14H14N2O4. The lowest BCUT2D eigenvalue weighted by molar-refractivity contribution is -0.131. The lowest BCUT2D eigenvalue weighted by Crippen LogP contribution is -2.25. The van der Waals surface area contributed by atoms with Crippen molar-refractivity contribution in [2.24, 2.45) is 0 Å². The fourth-order valence-electron chi connectivity index (χ4n) is 1.53. The van der Waals surface area contributed by atoms with E-state index in [1.165, 1.54) is 0 Å². The summed E-state index contributed by atoms with van der Waals surface area (Å²) in [6.45, 7) is 0. The lowest BCUT2D eigenvalue weighted by atomic mass is 10.2. The fraction of sp³-hybridized carbons (Fsp3) is 0.214. The SMILES string of the molecule is O=C(O)/C=C/C(=O)Nc1ccc(C(=O)NC2CC2)cc1. The van der Waals surface area contributed by atoms with Crippen LogP contribution in [0.3, 0.4) is 0 Å². The Morgan fingerprint density at radius 3 is 2.30 bits per heavy atom. The molecule has 0 saturated heterocycles. The van der Waals surface area contributed by atoms with Crippen LogP contribution in [0.2, 0.25) is 0 Å². The largest absolute Gasteiger partial charge is 0.478 e. The van der Waals surface area contributed by atoms with Gasteiger partial charge in [0.05, 0.1) is 0 Å². The van der Waals surface area contributed by atoms with Gasteiger partial charge in [-0.15, -0.1) is 0 Å². The third kappa shape index (κ3) is 4.24. The van der Waals surface area contributed by atoms with E-state index in [0.717, 1.165) is 25.0 Å². The number of rotatable bonds is 5. The van der Waals surface area contributed by atoms with Crippen LogP contribution in [0.25, 0.3) is 0 Å². The number of aliphatic carboxylic acids is 1. The van der Waals surface area contributed by atoms with Crippen LogP contribution in [0.15, 0.2) is 36.4 Å². The average molecular weight is 274 g/mol. The Balaban J connectivity index is 1.92. The highest BCUT2D eigenvalue weighted by Crippen LogP contribution is 2.19. The van der Waals surface area contributed by atoms with Crippen molar-refractivity contribution in [2.45, 2.75) is 18.9 Å². The van der Waals surface area contributed by atoms with Gasteiger partial charge >= 0.3 is 5.97 Å². The Morgan fingerprint density at radius 2 is 1.75 bits per heavy atom. The van der Waals surface area contributed by atoms with Gasteiger partial charge in [0, 0.05) is 29.4 Å². The highest BCUT2D eigenvalue weighted by Gasteiger charge is 2.23. The van der Waals surface area contributed by atoms with Crippen LogP contribution in [0.5, 0.6) is 0 Å². The van der Waals surface area contributed by atoms with Gasteiger partial charge in [0.2, 0.25) is 5.91 Å². The van der Waals surface area contributed by atoms with Gasteiger partial charge < -0.3 is 15.7 Å². The number of carbonyl (C=O) groups is 3. The Kier molecular flexibility index (Phi) is 4.14. The Bertz CT molecular complexity index is 559. The Labute approximate surface area is 115 Å². The summed E-state index contributed by atoms with van der Waals surface area (Å²) in [7, 11) is 0. The molecule has 1 aromatic carbocycles. The molecule has 0 heterocycles. The molecule has 0 unspecified atom stereocenters. The van der Waals surface area contributed by atoms with Gasteiger partial charge in [-0.25, -0.2) is 4.79 Å². The molecular weight excluding hydrogens is 260 g/mol. The van der Waals surface area contributed by atoms with Gasteiger partial charge in [-0.2, -0.15) is 0 Å². The minimum absolute atomic E-state index is 0.129. The van der Waals surface area contributed by atoms with E-state index in [9.17, 15) is 14.4 Å². The predicted octanol–water partition coefficient (Wildman–Crippen LogP) is 1.16. The van der Waals surface area contributed by atoms with Crippen LogP contribution in [-0.2, 0) is 9.59 Å². The van der Waals surface area contributed by atoms with Crippen molar-refractivity contribution in [3.8, 4) is 0 Å². The Hall–Kier alpha value is -2.63. The molecule has 20 heavy (non-hydrogen) atoms. The zero-order valence-corrected chi connectivity index (χ0v) is 10.6. The highest BCUT2D eigenvalue weighted by molar-refractivity contribution is 6.02. The third-order valence-electron chi connectivity index (χ3n) is 2.70. The summed E-state index contributed by atoms with van der Waals surface area (Å²) >= 11 is 0. The maximum absolute atomic E-state index is 11.7. The molecule has 1 saturated carbocycles. The minimum Gasteiger partial charge on any atom is -0.478 e. The first-order valence-electron chi connectivity index (χ1n) is 6.17. The molecule has 0 aromatic heterocycles. The molecule has 0 spiro atoms. The summed E-state index contributed by atoms with van der Waals surface area (Å²) < 4.78 is 0. The highest BCUT2D eigenvalue weighted by atomic mass is 16.4. The summed E-state index contributed by atoms with van der Waals surface area (Å²) in [6, 6.07) is 6.69. The summed E-state index contributed by atoms with van der Waals surface area (Å²) in [5, 5.41) is 13.7. The number of anilines is 1. The molecule has 2 rings (SSSR count). The number of benzene rings is 1. The lowest BCUT2D eigenvalue weighted by Gasteiger charge is -2.05. The number of nitrogens with one attached hydrogen (secondary N) is 2. The number of hydrogen-bond acceptors (Lipinski definition) is 3. The van der Waals surface area contributed by atoms with Gasteiger partial charge in [0.15, 0.2) is 0 Å². The smallest absolute Gasteiger partial charge is 0.328 e. The van der Waals surface area contributed by atoms with E-state index in [1.54, 1.807) is 24.3 Å². The summed E-state index contributed by atoms with van der Waals surface area (Å²) in [6.07, 6.45) is 3.73. The van der Waals surface area contributed by atoms with Gasteiger partial charge in [-0.1, -0.05) is 0 Å². The van der Waals surface area contributed by atoms with Gasteiger partial charge in [-0.3, -0.25) is 9.59 Å². The van der Waals surface area contributed by atoms with E-state index in [-0.39, 0.29) is 5.91 Å². The standard InChI is InChI=1S/C14H14N2O4/c17-12(7-8-13(18)19)15-10-3-1-9(2-4-10)14(20)16-11-5-6-11/h1-4,7-8,11H,5-6H2,(H,15,17)(H,16,20)(H,18,19)/b8-7+. The molecule has 2 amide bonds. The molecule has 104 valence electrons. The van der Waals surface area contributed by atoms with Gasteiger partial charge in [0.25, 0.3) is 5.91 Å². The second-order valence-electron chi connectivity index (χ2n) is 4.49. The fourth-order valence-corrected chi connectivity index (χ4v) is 1.53. The molecule has 1 aliphatic rings. The summed E-state index contributed by atoms with van der Waals surface area (Å²) in [4.78, 5) is 33.3. The topological polar surface area (TPSA) is 95.5 Å². The molecule has 1 fully saturated rings. The number of amides is 2. The van der Waals surface area contributed by atoms with E-state index in [1.807, 2.05) is 0 Å². The minimum atomic E-state index is -1.19. The maximum atomic E-state index is 11.7. The molecule has 0 atom stereocenters. The Morgan fingerprint density at radius 1 is 1.10 bits per heavy atom. The van der Waals surface area contributed by atoms with Gasteiger partial charge in [0.1, 0.15) is 0 Å². The van der Waals surface area contributed by atoms with E-state index in [4.69, 9.17) is 5.11 Å². The molecule has 1 aromatic rings. The predicted molar refractivity (Wildman–Crippen MR) is 72.3 cm³/mol. The van der Waals surface area contributed by atoms with Crippen molar-refractivity contribution in [3.63, 3.8) is 0 Å². The van der Waals surface area contributed by atoms with Crippen LogP contribution in [-0.4, -0.2) is 28.9 Å². The first-order chi connectivity index (χ1) is 9.54. The second kappa shape index (κ2) is 6.01. The molecule has 0 radical (unpaired) electrons. The van der Waals surface area contributed by atoms with Crippen molar-refractivity contribution in [2.75, 3.05) is 5.32 Å². The van der Waals surface area contributed by atoms with Gasteiger partial charge in [-0.05, 0) is 37.1 Å². The molecule has 6 nitrogen and oxygen atoms in total. The molecule has 0 aliphatic heterocycles. The van der Waals surface area contributed by atoms with Crippen molar-refractivity contribution in [3.05, 3.63) is 42.0 Å². The van der Waals surface area contributed by atoms with Crippen molar-refractivity contribution >= 4 is 23.5 Å². The maximum Gasteiger partial charge on any atom is 0.328 e. The van der Waals surface area contributed by atoms with Crippen LogP contribution in [0.4, 0.5) is 5.69 Å². The number of carboxylic acid groups (broad SMARTS) is 1. The summed E-state index contributed by atoms with van der Waals surface area (Å²) in [5.41, 5.74) is 1.02. The monoisotopic (exact) mass is 274 g/mol.